The zero-order valence-electron chi connectivity index (χ0n) is 13.0. The van der Waals surface area contributed by atoms with Crippen molar-refractivity contribution in [2.45, 2.75) is 46.1 Å². The Kier molecular flexibility index (Phi) is 4.84. The van der Waals surface area contributed by atoms with Crippen LogP contribution in [0.4, 0.5) is 0 Å². The Morgan fingerprint density at radius 2 is 1.90 bits per heavy atom. The summed E-state index contributed by atoms with van der Waals surface area (Å²) in [6.07, 6.45) is 4.00. The molecule has 2 rings (SSSR count). The molecule has 0 aliphatic carbocycles. The lowest BCUT2D eigenvalue weighted by atomic mass is 10.0. The first-order chi connectivity index (χ1) is 10.0. The first-order valence-corrected chi connectivity index (χ1v) is 7.47. The third kappa shape index (κ3) is 3.54. The van der Waals surface area contributed by atoms with E-state index >= 15 is 0 Å². The molecule has 2 aromatic rings. The van der Waals surface area contributed by atoms with Crippen LogP contribution in [-0.4, -0.2) is 15.6 Å². The molecule has 0 saturated heterocycles. The molecule has 0 unspecified atom stereocenters. The van der Waals surface area contributed by atoms with Gasteiger partial charge in [-0.15, -0.1) is 0 Å². The number of aromatic nitrogens is 1. The Balaban J connectivity index is 2.13. The molecule has 0 amide bonds. The number of carboxylic acids is 1. The number of rotatable bonds is 6. The molecule has 0 aliphatic heterocycles. The van der Waals surface area contributed by atoms with Gasteiger partial charge in [0.25, 0.3) is 0 Å². The lowest BCUT2D eigenvalue weighted by Crippen LogP contribution is -2.09. The Morgan fingerprint density at radius 1 is 1.24 bits per heavy atom. The third-order valence-electron chi connectivity index (χ3n) is 3.78. The molecule has 3 nitrogen and oxygen atoms in total. The summed E-state index contributed by atoms with van der Waals surface area (Å²) < 4.78 is 2.12. The maximum absolute atomic E-state index is 11.4. The van der Waals surface area contributed by atoms with Crippen LogP contribution in [0.5, 0.6) is 0 Å². The van der Waals surface area contributed by atoms with Gasteiger partial charge >= 0.3 is 5.97 Å². The molecule has 0 saturated carbocycles. The molecule has 0 bridgehead atoms. The summed E-state index contributed by atoms with van der Waals surface area (Å²) >= 11 is 0. The number of carbonyl (C=O) groups is 1. The number of aromatic carboxylic acids is 1. The molecule has 1 N–H and O–H groups in total. The molecule has 112 valence electrons. The number of carboxylic acid groups (broad SMARTS) is 1. The van der Waals surface area contributed by atoms with Gasteiger partial charge in [0, 0.05) is 18.4 Å². The molecule has 1 heterocycles. The Morgan fingerprint density at radius 3 is 2.48 bits per heavy atom. The van der Waals surface area contributed by atoms with Gasteiger partial charge in [-0.1, -0.05) is 44.2 Å². The van der Waals surface area contributed by atoms with Gasteiger partial charge in [-0.05, 0) is 36.8 Å². The van der Waals surface area contributed by atoms with Crippen LogP contribution in [0.15, 0.2) is 36.5 Å². The average Bonchev–Trinajstić information content (AvgIpc) is 2.77. The molecular formula is C18H23NO2. The first kappa shape index (κ1) is 15.4. The number of aryl methyl sites for hydroxylation is 3. The van der Waals surface area contributed by atoms with E-state index in [9.17, 15) is 9.90 Å². The summed E-state index contributed by atoms with van der Waals surface area (Å²) in [5.41, 5.74) is 3.59. The molecule has 21 heavy (non-hydrogen) atoms. The van der Waals surface area contributed by atoms with E-state index in [0.29, 0.717) is 5.56 Å². The minimum atomic E-state index is -0.821. The summed E-state index contributed by atoms with van der Waals surface area (Å²) in [6, 6.07) is 10.4. The van der Waals surface area contributed by atoms with Crippen LogP contribution in [0, 0.1) is 6.92 Å². The van der Waals surface area contributed by atoms with E-state index in [4.69, 9.17) is 0 Å². The van der Waals surface area contributed by atoms with E-state index < -0.39 is 5.97 Å². The molecule has 0 fully saturated rings. The van der Waals surface area contributed by atoms with Crippen LogP contribution in [0.3, 0.4) is 0 Å². The van der Waals surface area contributed by atoms with Gasteiger partial charge in [-0.3, -0.25) is 0 Å². The van der Waals surface area contributed by atoms with E-state index in [1.54, 1.807) is 0 Å². The SMILES string of the molecule is Cc1cn(CCCc2ccccc2)c(C(C)C)c1C(=O)O. The highest BCUT2D eigenvalue weighted by Gasteiger charge is 2.20. The van der Waals surface area contributed by atoms with Gasteiger partial charge in [0.2, 0.25) is 0 Å². The fourth-order valence-corrected chi connectivity index (χ4v) is 2.90. The maximum Gasteiger partial charge on any atom is 0.337 e. The quantitative estimate of drug-likeness (QED) is 0.862. The maximum atomic E-state index is 11.4. The third-order valence-corrected chi connectivity index (χ3v) is 3.78. The molecule has 0 atom stereocenters. The predicted molar refractivity (Wildman–Crippen MR) is 85.0 cm³/mol. The zero-order chi connectivity index (χ0) is 15.4. The van der Waals surface area contributed by atoms with Gasteiger partial charge in [0.15, 0.2) is 0 Å². The second-order valence-electron chi connectivity index (χ2n) is 5.81. The highest BCUT2D eigenvalue weighted by molar-refractivity contribution is 5.91. The topological polar surface area (TPSA) is 42.2 Å². The first-order valence-electron chi connectivity index (χ1n) is 7.47. The average molecular weight is 285 g/mol. The van der Waals surface area contributed by atoms with Crippen molar-refractivity contribution in [3.63, 3.8) is 0 Å². The zero-order valence-corrected chi connectivity index (χ0v) is 13.0. The van der Waals surface area contributed by atoms with E-state index in [1.165, 1.54) is 5.56 Å². The normalized spacial score (nSPS) is 11.0. The van der Waals surface area contributed by atoms with Crippen LogP contribution in [0.1, 0.15) is 53.4 Å². The van der Waals surface area contributed by atoms with Gasteiger partial charge in [-0.2, -0.15) is 0 Å². The fraction of sp³-hybridized carbons (Fsp3) is 0.389. The summed E-state index contributed by atoms with van der Waals surface area (Å²) in [4.78, 5) is 11.4. The molecule has 0 spiro atoms. The van der Waals surface area contributed by atoms with Crippen molar-refractivity contribution in [1.82, 2.24) is 4.57 Å². The van der Waals surface area contributed by atoms with Gasteiger partial charge in [0.1, 0.15) is 0 Å². The van der Waals surface area contributed by atoms with Crippen LogP contribution < -0.4 is 0 Å². The fourth-order valence-electron chi connectivity index (χ4n) is 2.90. The van der Waals surface area contributed by atoms with Crippen molar-refractivity contribution in [2.75, 3.05) is 0 Å². The molecule has 1 aromatic heterocycles. The number of hydrogen-bond donors (Lipinski definition) is 1. The Bertz CT molecular complexity index is 612. The van der Waals surface area contributed by atoms with Crippen molar-refractivity contribution in [3.8, 4) is 0 Å². The molecule has 3 heteroatoms. The standard InChI is InChI=1S/C18H23NO2/c1-13(2)17-16(18(20)21)14(3)12-19(17)11-7-10-15-8-5-4-6-9-15/h4-6,8-9,12-13H,7,10-11H2,1-3H3,(H,20,21). The van der Waals surface area contributed by atoms with E-state index in [1.807, 2.05) is 19.2 Å². The second-order valence-corrected chi connectivity index (χ2v) is 5.81. The monoisotopic (exact) mass is 285 g/mol. The summed E-state index contributed by atoms with van der Waals surface area (Å²) in [6.45, 7) is 6.84. The minimum absolute atomic E-state index is 0.210. The van der Waals surface area contributed by atoms with E-state index in [-0.39, 0.29) is 5.92 Å². The summed E-state index contributed by atoms with van der Waals surface area (Å²) in [7, 11) is 0. The van der Waals surface area contributed by atoms with Crippen LogP contribution >= 0.6 is 0 Å². The smallest absolute Gasteiger partial charge is 0.337 e. The van der Waals surface area contributed by atoms with Crippen molar-refractivity contribution in [3.05, 3.63) is 58.9 Å². The van der Waals surface area contributed by atoms with Gasteiger partial charge in [-0.25, -0.2) is 4.79 Å². The summed E-state index contributed by atoms with van der Waals surface area (Å²) in [5.74, 6) is -0.612. The Labute approximate surface area is 126 Å². The van der Waals surface area contributed by atoms with Crippen LogP contribution in [0.2, 0.25) is 0 Å². The lowest BCUT2D eigenvalue weighted by molar-refractivity contribution is 0.0694. The van der Waals surface area contributed by atoms with Crippen LogP contribution in [0.25, 0.3) is 0 Å². The highest BCUT2D eigenvalue weighted by Crippen LogP contribution is 2.25. The number of benzene rings is 1. The number of nitrogens with zero attached hydrogens (tertiary/aromatic N) is 1. The van der Waals surface area contributed by atoms with Crippen molar-refractivity contribution < 1.29 is 9.90 Å². The van der Waals surface area contributed by atoms with E-state index in [0.717, 1.165) is 30.6 Å². The largest absolute Gasteiger partial charge is 0.478 e. The minimum Gasteiger partial charge on any atom is -0.478 e. The van der Waals surface area contributed by atoms with E-state index in [2.05, 4.69) is 42.7 Å². The molecule has 0 aliphatic rings. The highest BCUT2D eigenvalue weighted by atomic mass is 16.4. The Hall–Kier alpha value is -2.03. The molecule has 1 aromatic carbocycles. The molecule has 0 radical (unpaired) electrons. The molecular weight excluding hydrogens is 262 g/mol. The van der Waals surface area contributed by atoms with Gasteiger partial charge in [0.05, 0.1) is 5.56 Å². The lowest BCUT2D eigenvalue weighted by Gasteiger charge is -2.13. The summed E-state index contributed by atoms with van der Waals surface area (Å²) in [5, 5.41) is 9.40. The van der Waals surface area contributed by atoms with Crippen molar-refractivity contribution >= 4 is 5.97 Å². The second kappa shape index (κ2) is 6.61. The predicted octanol–water partition coefficient (Wildman–Crippen LogP) is 4.25. The van der Waals surface area contributed by atoms with Gasteiger partial charge < -0.3 is 9.67 Å². The van der Waals surface area contributed by atoms with Crippen molar-refractivity contribution in [1.29, 1.82) is 0 Å². The number of hydrogen-bond acceptors (Lipinski definition) is 1. The van der Waals surface area contributed by atoms with Crippen LogP contribution in [-0.2, 0) is 13.0 Å². The van der Waals surface area contributed by atoms with Crippen molar-refractivity contribution in [2.24, 2.45) is 0 Å².